The van der Waals surface area contributed by atoms with E-state index in [2.05, 4.69) is 20.4 Å². The van der Waals surface area contributed by atoms with E-state index in [1.807, 2.05) is 4.90 Å². The van der Waals surface area contributed by atoms with Crippen LogP contribution in [0, 0.1) is 5.82 Å². The van der Waals surface area contributed by atoms with Crippen molar-refractivity contribution in [1.29, 1.82) is 0 Å². The Morgan fingerprint density at radius 2 is 2.18 bits per heavy atom. The summed E-state index contributed by atoms with van der Waals surface area (Å²) >= 11 is 0. The molecule has 1 unspecified atom stereocenters. The number of anilines is 1. The molecule has 2 aromatic rings. The molecule has 1 saturated heterocycles. The number of nitrogens with one attached hydrogen (secondary N) is 1. The van der Waals surface area contributed by atoms with Gasteiger partial charge in [0.1, 0.15) is 5.69 Å². The summed E-state index contributed by atoms with van der Waals surface area (Å²) in [6.07, 6.45) is 5.83. The molecule has 8 heteroatoms. The van der Waals surface area contributed by atoms with Crippen molar-refractivity contribution in [3.63, 3.8) is 0 Å². The molecule has 3 rings (SSSR count). The SMILES string of the molecule is Cn1ccc(C(=O)NC2CCCN(c3ncc(F)cn3)C2)n1. The van der Waals surface area contributed by atoms with Gasteiger partial charge in [-0.05, 0) is 18.9 Å². The molecule has 22 heavy (non-hydrogen) atoms. The zero-order valence-electron chi connectivity index (χ0n) is 12.2. The number of rotatable bonds is 3. The lowest BCUT2D eigenvalue weighted by molar-refractivity contribution is 0.0927. The third-order valence-electron chi connectivity index (χ3n) is 3.59. The second-order valence-corrected chi connectivity index (χ2v) is 5.33. The van der Waals surface area contributed by atoms with Gasteiger partial charge >= 0.3 is 0 Å². The highest BCUT2D eigenvalue weighted by atomic mass is 19.1. The van der Waals surface area contributed by atoms with Gasteiger partial charge in [0.05, 0.1) is 12.4 Å². The zero-order chi connectivity index (χ0) is 15.5. The first-order chi connectivity index (χ1) is 10.6. The van der Waals surface area contributed by atoms with E-state index in [-0.39, 0.29) is 11.9 Å². The minimum atomic E-state index is -0.458. The van der Waals surface area contributed by atoms with Crippen LogP contribution in [0.4, 0.5) is 10.3 Å². The van der Waals surface area contributed by atoms with Crippen LogP contribution in [0.1, 0.15) is 23.3 Å². The van der Waals surface area contributed by atoms with Gasteiger partial charge in [0, 0.05) is 32.4 Å². The third kappa shape index (κ3) is 3.21. The zero-order valence-corrected chi connectivity index (χ0v) is 12.2. The molecule has 1 amide bonds. The Balaban J connectivity index is 1.63. The average molecular weight is 304 g/mol. The highest BCUT2D eigenvalue weighted by Gasteiger charge is 2.24. The van der Waals surface area contributed by atoms with Crippen molar-refractivity contribution in [2.75, 3.05) is 18.0 Å². The molecule has 1 aliphatic heterocycles. The number of hydrogen-bond donors (Lipinski definition) is 1. The number of amides is 1. The smallest absolute Gasteiger partial charge is 0.272 e. The monoisotopic (exact) mass is 304 g/mol. The lowest BCUT2D eigenvalue weighted by Crippen LogP contribution is -2.48. The number of aryl methyl sites for hydroxylation is 1. The van der Waals surface area contributed by atoms with E-state index >= 15 is 0 Å². The second kappa shape index (κ2) is 6.08. The normalized spacial score (nSPS) is 18.3. The van der Waals surface area contributed by atoms with Gasteiger partial charge in [0.2, 0.25) is 5.95 Å². The molecule has 1 fully saturated rings. The van der Waals surface area contributed by atoms with E-state index in [0.29, 0.717) is 18.2 Å². The first kappa shape index (κ1) is 14.4. The Morgan fingerprint density at radius 1 is 1.41 bits per heavy atom. The summed E-state index contributed by atoms with van der Waals surface area (Å²) in [4.78, 5) is 22.1. The maximum Gasteiger partial charge on any atom is 0.272 e. The van der Waals surface area contributed by atoms with Gasteiger partial charge in [0.15, 0.2) is 5.82 Å². The van der Waals surface area contributed by atoms with Gasteiger partial charge in [-0.3, -0.25) is 9.48 Å². The van der Waals surface area contributed by atoms with E-state index in [9.17, 15) is 9.18 Å². The molecule has 0 aliphatic carbocycles. The number of aromatic nitrogens is 4. The Labute approximate surface area is 127 Å². The van der Waals surface area contributed by atoms with Gasteiger partial charge in [-0.15, -0.1) is 0 Å². The molecule has 0 saturated carbocycles. The molecule has 0 radical (unpaired) electrons. The van der Waals surface area contributed by atoms with E-state index in [4.69, 9.17) is 0 Å². The quantitative estimate of drug-likeness (QED) is 0.905. The fourth-order valence-electron chi connectivity index (χ4n) is 2.54. The number of nitrogens with zero attached hydrogens (tertiary/aromatic N) is 5. The minimum absolute atomic E-state index is 0.00286. The molecule has 1 aliphatic rings. The number of carbonyl (C=O) groups is 1. The van der Waals surface area contributed by atoms with Gasteiger partial charge in [0.25, 0.3) is 5.91 Å². The predicted octanol–water partition coefficient (Wildman–Crippen LogP) is 0.748. The van der Waals surface area contributed by atoms with Crippen LogP contribution in [-0.4, -0.2) is 44.8 Å². The van der Waals surface area contributed by atoms with Crippen LogP contribution in [0.5, 0.6) is 0 Å². The highest BCUT2D eigenvalue weighted by molar-refractivity contribution is 5.92. The van der Waals surface area contributed by atoms with Crippen LogP contribution >= 0.6 is 0 Å². The molecule has 1 atom stereocenters. The number of hydrogen-bond acceptors (Lipinski definition) is 5. The van der Waals surface area contributed by atoms with Crippen molar-refractivity contribution in [2.24, 2.45) is 7.05 Å². The highest BCUT2D eigenvalue weighted by Crippen LogP contribution is 2.16. The molecule has 2 aromatic heterocycles. The number of carbonyl (C=O) groups excluding carboxylic acids is 1. The molecular weight excluding hydrogens is 287 g/mol. The fourth-order valence-corrected chi connectivity index (χ4v) is 2.54. The maximum absolute atomic E-state index is 12.9. The number of piperidine rings is 1. The van der Waals surface area contributed by atoms with E-state index in [1.54, 1.807) is 24.0 Å². The van der Waals surface area contributed by atoms with Crippen LogP contribution in [-0.2, 0) is 7.05 Å². The van der Waals surface area contributed by atoms with Crippen molar-refractivity contribution in [3.05, 3.63) is 36.2 Å². The maximum atomic E-state index is 12.9. The molecule has 0 aromatic carbocycles. The van der Waals surface area contributed by atoms with Crippen molar-refractivity contribution >= 4 is 11.9 Å². The lowest BCUT2D eigenvalue weighted by atomic mass is 10.1. The van der Waals surface area contributed by atoms with Gasteiger partial charge in [-0.1, -0.05) is 0 Å². The van der Waals surface area contributed by atoms with Crippen molar-refractivity contribution in [2.45, 2.75) is 18.9 Å². The molecular formula is C14H17FN6O. The Hall–Kier alpha value is -2.51. The van der Waals surface area contributed by atoms with Crippen LogP contribution in [0.15, 0.2) is 24.7 Å². The van der Waals surface area contributed by atoms with Crippen LogP contribution in [0.3, 0.4) is 0 Å². The average Bonchev–Trinajstić information content (AvgIpc) is 2.95. The summed E-state index contributed by atoms with van der Waals surface area (Å²) in [7, 11) is 1.77. The number of halogens is 1. The van der Waals surface area contributed by atoms with Crippen LogP contribution < -0.4 is 10.2 Å². The van der Waals surface area contributed by atoms with Gasteiger partial charge in [-0.2, -0.15) is 5.10 Å². The molecule has 0 spiro atoms. The largest absolute Gasteiger partial charge is 0.346 e. The van der Waals surface area contributed by atoms with E-state index < -0.39 is 5.82 Å². The predicted molar refractivity (Wildman–Crippen MR) is 77.9 cm³/mol. The summed E-state index contributed by atoms with van der Waals surface area (Å²) < 4.78 is 14.5. The summed E-state index contributed by atoms with van der Waals surface area (Å²) in [6.45, 7) is 1.39. The van der Waals surface area contributed by atoms with Crippen LogP contribution in [0.25, 0.3) is 0 Å². The first-order valence-corrected chi connectivity index (χ1v) is 7.15. The van der Waals surface area contributed by atoms with E-state index in [0.717, 1.165) is 31.8 Å². The fraction of sp³-hybridized carbons (Fsp3) is 0.429. The summed E-state index contributed by atoms with van der Waals surface area (Å²) in [5, 5.41) is 7.06. The Kier molecular flexibility index (Phi) is 3.99. The topological polar surface area (TPSA) is 75.9 Å². The standard InChI is InChI=1S/C14H17FN6O/c1-20-6-4-12(19-20)13(22)18-11-3-2-5-21(9-11)14-16-7-10(15)8-17-14/h4,6-8,11H,2-3,5,9H2,1H3,(H,18,22). The molecule has 1 N–H and O–H groups in total. The first-order valence-electron chi connectivity index (χ1n) is 7.15. The second-order valence-electron chi connectivity index (χ2n) is 5.33. The van der Waals surface area contributed by atoms with Crippen molar-refractivity contribution in [3.8, 4) is 0 Å². The van der Waals surface area contributed by atoms with Gasteiger partial charge < -0.3 is 10.2 Å². The van der Waals surface area contributed by atoms with Crippen LogP contribution in [0.2, 0.25) is 0 Å². The molecule has 7 nitrogen and oxygen atoms in total. The molecule has 116 valence electrons. The summed E-state index contributed by atoms with van der Waals surface area (Å²) in [5.74, 6) is -0.161. The Morgan fingerprint density at radius 3 is 2.86 bits per heavy atom. The summed E-state index contributed by atoms with van der Waals surface area (Å²) in [6, 6.07) is 1.68. The lowest BCUT2D eigenvalue weighted by Gasteiger charge is -2.32. The third-order valence-corrected chi connectivity index (χ3v) is 3.59. The minimum Gasteiger partial charge on any atom is -0.346 e. The van der Waals surface area contributed by atoms with Gasteiger partial charge in [-0.25, -0.2) is 14.4 Å². The molecule has 3 heterocycles. The van der Waals surface area contributed by atoms with Crippen molar-refractivity contribution in [1.82, 2.24) is 25.1 Å². The molecule has 0 bridgehead atoms. The van der Waals surface area contributed by atoms with E-state index in [1.165, 1.54) is 0 Å². The summed E-state index contributed by atoms with van der Waals surface area (Å²) in [5.41, 5.74) is 0.401. The Bertz CT molecular complexity index is 656. The van der Waals surface area contributed by atoms with Crippen molar-refractivity contribution < 1.29 is 9.18 Å².